The van der Waals surface area contributed by atoms with E-state index in [-0.39, 0.29) is 36.8 Å². The summed E-state index contributed by atoms with van der Waals surface area (Å²) in [6, 6.07) is 8.44. The Morgan fingerprint density at radius 2 is 1.76 bits per heavy atom. The highest BCUT2D eigenvalue weighted by molar-refractivity contribution is 5.85. The number of likely N-dealkylation sites (tertiary alicyclic amines) is 1. The van der Waals surface area contributed by atoms with Gasteiger partial charge in [-0.1, -0.05) is 24.3 Å². The second-order valence-electron chi connectivity index (χ2n) is 6.31. The van der Waals surface area contributed by atoms with E-state index in [0.717, 1.165) is 51.0 Å². The fraction of sp³-hybridized carbons (Fsp3) is 0.611. The molecule has 5 nitrogen and oxygen atoms in total. The zero-order chi connectivity index (χ0) is 16.5. The maximum Gasteiger partial charge on any atom is 0.220 e. The van der Waals surface area contributed by atoms with E-state index in [4.69, 9.17) is 0 Å². The summed E-state index contributed by atoms with van der Waals surface area (Å²) < 4.78 is 0. The summed E-state index contributed by atoms with van der Waals surface area (Å²) in [7, 11) is 1.89. The van der Waals surface area contributed by atoms with Gasteiger partial charge in [0, 0.05) is 32.6 Å². The number of aliphatic hydroxyl groups is 1. The highest BCUT2D eigenvalue weighted by Gasteiger charge is 2.16. The van der Waals surface area contributed by atoms with Crippen LogP contribution in [0.1, 0.15) is 36.8 Å². The molecule has 144 valence electrons. The summed E-state index contributed by atoms with van der Waals surface area (Å²) in [6.45, 7) is 4.32. The van der Waals surface area contributed by atoms with E-state index in [1.807, 2.05) is 7.05 Å². The number of nitrogens with one attached hydrogen (secondary N) is 2. The van der Waals surface area contributed by atoms with Crippen molar-refractivity contribution in [2.45, 2.75) is 44.9 Å². The van der Waals surface area contributed by atoms with Gasteiger partial charge in [0.05, 0.1) is 6.10 Å². The molecule has 1 aliphatic heterocycles. The quantitative estimate of drug-likeness (QED) is 0.593. The van der Waals surface area contributed by atoms with Crippen molar-refractivity contribution in [1.29, 1.82) is 0 Å². The number of hydrogen-bond donors (Lipinski definition) is 3. The summed E-state index contributed by atoms with van der Waals surface area (Å²) in [5.74, 6) is 0.108. The van der Waals surface area contributed by atoms with Crippen LogP contribution < -0.4 is 10.6 Å². The van der Waals surface area contributed by atoms with Crippen LogP contribution in [0.25, 0.3) is 0 Å². The Kier molecular flexibility index (Phi) is 12.9. The highest BCUT2D eigenvalue weighted by Crippen LogP contribution is 2.14. The van der Waals surface area contributed by atoms with Gasteiger partial charge in [0.15, 0.2) is 0 Å². The largest absolute Gasteiger partial charge is 0.393 e. The third-order valence-electron chi connectivity index (χ3n) is 4.31. The van der Waals surface area contributed by atoms with Gasteiger partial charge in [-0.3, -0.25) is 9.69 Å². The van der Waals surface area contributed by atoms with E-state index in [9.17, 15) is 9.90 Å². The van der Waals surface area contributed by atoms with Crippen LogP contribution in [0.3, 0.4) is 0 Å². The van der Waals surface area contributed by atoms with E-state index < -0.39 is 0 Å². The summed E-state index contributed by atoms with van der Waals surface area (Å²) in [6.07, 6.45) is 3.06. The van der Waals surface area contributed by atoms with Crippen molar-refractivity contribution < 1.29 is 9.90 Å². The lowest BCUT2D eigenvalue weighted by molar-refractivity contribution is -0.121. The monoisotopic (exact) mass is 391 g/mol. The molecule has 1 aromatic rings. The zero-order valence-corrected chi connectivity index (χ0v) is 16.5. The number of piperidine rings is 1. The predicted molar refractivity (Wildman–Crippen MR) is 106 cm³/mol. The molecule has 1 fully saturated rings. The Morgan fingerprint density at radius 3 is 2.36 bits per heavy atom. The molecule has 7 heteroatoms. The first-order valence-corrected chi connectivity index (χ1v) is 8.57. The fourth-order valence-corrected chi connectivity index (χ4v) is 2.81. The molecule has 3 N–H and O–H groups in total. The Hall–Kier alpha value is -0.850. The summed E-state index contributed by atoms with van der Waals surface area (Å²) in [5, 5.41) is 15.5. The molecule has 1 aromatic carbocycles. The van der Waals surface area contributed by atoms with E-state index in [0.29, 0.717) is 13.0 Å². The minimum absolute atomic E-state index is 0. The molecular weight excluding hydrogens is 361 g/mol. The van der Waals surface area contributed by atoms with E-state index in [1.54, 1.807) is 0 Å². The number of rotatable bonds is 8. The van der Waals surface area contributed by atoms with Crippen LogP contribution in [0.15, 0.2) is 24.3 Å². The maximum atomic E-state index is 11.7. The van der Waals surface area contributed by atoms with Crippen LogP contribution in [-0.4, -0.2) is 48.7 Å². The van der Waals surface area contributed by atoms with Gasteiger partial charge in [0.2, 0.25) is 5.91 Å². The molecule has 0 bridgehead atoms. The number of nitrogens with zero attached hydrogens (tertiary/aromatic N) is 1. The Labute approximate surface area is 163 Å². The molecule has 1 heterocycles. The average molecular weight is 392 g/mol. The molecule has 0 atom stereocenters. The van der Waals surface area contributed by atoms with Gasteiger partial charge in [0.1, 0.15) is 0 Å². The molecular formula is C18H31Cl2N3O2. The number of amides is 1. The van der Waals surface area contributed by atoms with Crippen molar-refractivity contribution in [3.05, 3.63) is 35.4 Å². The minimum Gasteiger partial charge on any atom is -0.393 e. The molecule has 1 amide bonds. The molecule has 1 aliphatic rings. The van der Waals surface area contributed by atoms with Gasteiger partial charge in [0.25, 0.3) is 0 Å². The van der Waals surface area contributed by atoms with Gasteiger partial charge in [-0.15, -0.1) is 24.8 Å². The van der Waals surface area contributed by atoms with Crippen molar-refractivity contribution >= 4 is 30.7 Å². The van der Waals surface area contributed by atoms with Crippen molar-refractivity contribution in [2.24, 2.45) is 0 Å². The lowest BCUT2D eigenvalue weighted by atomic mass is 10.1. The van der Waals surface area contributed by atoms with Gasteiger partial charge in [-0.05, 0) is 44.0 Å². The fourth-order valence-electron chi connectivity index (χ4n) is 2.81. The maximum absolute atomic E-state index is 11.7. The lowest BCUT2D eigenvalue weighted by Gasteiger charge is -2.29. The number of halogens is 2. The molecule has 0 spiro atoms. The standard InChI is InChI=1S/C18H29N3O2.2ClH/c1-19-10-2-3-18(23)20-13-15-4-6-16(7-5-15)14-21-11-8-17(22)9-12-21;;/h4-7,17,19,22H,2-3,8-14H2,1H3,(H,20,23);2*1H. The van der Waals surface area contributed by atoms with E-state index in [1.165, 1.54) is 5.56 Å². The van der Waals surface area contributed by atoms with Crippen molar-refractivity contribution in [3.63, 3.8) is 0 Å². The zero-order valence-electron chi connectivity index (χ0n) is 14.9. The second-order valence-corrected chi connectivity index (χ2v) is 6.31. The molecule has 2 rings (SSSR count). The van der Waals surface area contributed by atoms with Crippen molar-refractivity contribution in [2.75, 3.05) is 26.7 Å². The summed E-state index contributed by atoms with van der Waals surface area (Å²) in [4.78, 5) is 14.1. The van der Waals surface area contributed by atoms with Crippen LogP contribution in [0.2, 0.25) is 0 Å². The smallest absolute Gasteiger partial charge is 0.220 e. The molecule has 25 heavy (non-hydrogen) atoms. The normalized spacial score (nSPS) is 15.1. The van der Waals surface area contributed by atoms with Gasteiger partial charge < -0.3 is 15.7 Å². The first kappa shape index (κ1) is 24.1. The molecule has 0 aromatic heterocycles. The number of carbonyl (C=O) groups excluding carboxylic acids is 1. The van der Waals surface area contributed by atoms with Gasteiger partial charge in [-0.2, -0.15) is 0 Å². The minimum atomic E-state index is -0.120. The highest BCUT2D eigenvalue weighted by atomic mass is 35.5. The number of aliphatic hydroxyl groups excluding tert-OH is 1. The topological polar surface area (TPSA) is 64.6 Å². The first-order chi connectivity index (χ1) is 11.2. The Balaban J connectivity index is 0.00000288. The molecule has 1 saturated heterocycles. The third-order valence-corrected chi connectivity index (χ3v) is 4.31. The van der Waals surface area contributed by atoms with Crippen molar-refractivity contribution in [3.8, 4) is 0 Å². The van der Waals surface area contributed by atoms with E-state index >= 15 is 0 Å². The van der Waals surface area contributed by atoms with Crippen LogP contribution in [0.4, 0.5) is 0 Å². The molecule has 0 saturated carbocycles. The van der Waals surface area contributed by atoms with Gasteiger partial charge >= 0.3 is 0 Å². The third kappa shape index (κ3) is 9.42. The Morgan fingerprint density at radius 1 is 1.16 bits per heavy atom. The van der Waals surface area contributed by atoms with Crippen LogP contribution in [-0.2, 0) is 17.9 Å². The van der Waals surface area contributed by atoms with Crippen LogP contribution in [0.5, 0.6) is 0 Å². The van der Waals surface area contributed by atoms with Crippen LogP contribution in [0, 0.1) is 0 Å². The molecule has 0 aliphatic carbocycles. The lowest BCUT2D eigenvalue weighted by Crippen LogP contribution is -2.35. The predicted octanol–water partition coefficient (Wildman–Crippen LogP) is 2.10. The number of hydrogen-bond acceptors (Lipinski definition) is 4. The average Bonchev–Trinajstić information content (AvgIpc) is 2.57. The second kappa shape index (κ2) is 13.4. The van der Waals surface area contributed by atoms with Crippen molar-refractivity contribution in [1.82, 2.24) is 15.5 Å². The number of benzene rings is 1. The Bertz CT molecular complexity index is 478. The van der Waals surface area contributed by atoms with Gasteiger partial charge in [-0.25, -0.2) is 0 Å². The summed E-state index contributed by atoms with van der Waals surface area (Å²) >= 11 is 0. The molecule has 0 radical (unpaired) electrons. The summed E-state index contributed by atoms with van der Waals surface area (Å²) in [5.41, 5.74) is 2.41. The first-order valence-electron chi connectivity index (χ1n) is 8.57. The SMILES string of the molecule is CNCCCC(=O)NCc1ccc(CN2CCC(O)CC2)cc1.Cl.Cl. The molecule has 0 unspecified atom stereocenters. The van der Waals surface area contributed by atoms with Crippen LogP contribution >= 0.6 is 24.8 Å². The number of carbonyl (C=O) groups is 1. The van der Waals surface area contributed by atoms with E-state index in [2.05, 4.69) is 39.8 Å².